The van der Waals surface area contributed by atoms with Gasteiger partial charge in [-0.15, -0.1) is 0 Å². The first-order valence-corrected chi connectivity index (χ1v) is 18.2. The highest BCUT2D eigenvalue weighted by Crippen LogP contribution is 2.48. The van der Waals surface area contributed by atoms with Crippen molar-refractivity contribution in [1.82, 2.24) is 0 Å². The molecule has 0 unspecified atom stereocenters. The maximum Gasteiger partial charge on any atom is 0.0488 e. The maximum absolute atomic E-state index is 6.67. The minimum Gasteiger partial charge on any atom is -0.339 e. The Labute approximate surface area is 300 Å². The lowest BCUT2D eigenvalue weighted by Gasteiger charge is -2.38. The van der Waals surface area contributed by atoms with E-state index < -0.39 is 0 Å². The van der Waals surface area contributed by atoms with Crippen LogP contribution in [0.4, 0.5) is 11.4 Å². The third kappa shape index (κ3) is 7.32. The molecular weight excluding hydrogens is 605 g/mol. The average molecular weight is 657 g/mol. The van der Waals surface area contributed by atoms with Gasteiger partial charge in [0.15, 0.2) is 0 Å². The van der Waals surface area contributed by atoms with E-state index in [9.17, 15) is 0 Å². The van der Waals surface area contributed by atoms with Crippen molar-refractivity contribution in [1.29, 1.82) is 0 Å². The van der Waals surface area contributed by atoms with Crippen molar-refractivity contribution in [3.8, 4) is 0 Å². The van der Waals surface area contributed by atoms with Gasteiger partial charge in [0, 0.05) is 48.1 Å². The van der Waals surface area contributed by atoms with E-state index >= 15 is 0 Å². The Bertz CT molecular complexity index is 1710. The zero-order valence-electron chi connectivity index (χ0n) is 30.6. The summed E-state index contributed by atoms with van der Waals surface area (Å²) < 4.78 is 0. The minimum absolute atomic E-state index is 0.170. The van der Waals surface area contributed by atoms with E-state index in [1.54, 1.807) is 0 Å². The molecule has 0 aliphatic rings. The van der Waals surface area contributed by atoms with Crippen molar-refractivity contribution >= 4 is 11.4 Å². The molecule has 0 saturated heterocycles. The fourth-order valence-electron chi connectivity index (χ4n) is 7.76. The molecule has 0 aliphatic heterocycles. The van der Waals surface area contributed by atoms with Crippen molar-refractivity contribution in [2.24, 2.45) is 5.73 Å². The normalized spacial score (nSPS) is 13.7. The van der Waals surface area contributed by atoms with Crippen LogP contribution in [-0.2, 0) is 0 Å². The third-order valence-electron chi connectivity index (χ3n) is 10.6. The number of benzene rings is 6. The number of anilines is 2. The summed E-state index contributed by atoms with van der Waals surface area (Å²) in [6.45, 7) is 15.2. The van der Waals surface area contributed by atoms with Gasteiger partial charge in [-0.05, 0) is 58.4 Å². The summed E-state index contributed by atoms with van der Waals surface area (Å²) in [5, 5.41) is 0. The van der Waals surface area contributed by atoms with Crippen LogP contribution in [0.3, 0.4) is 0 Å². The van der Waals surface area contributed by atoms with Crippen molar-refractivity contribution in [3.63, 3.8) is 0 Å². The van der Waals surface area contributed by atoms with Crippen LogP contribution in [0.5, 0.6) is 0 Å². The molecule has 0 amide bonds. The van der Waals surface area contributed by atoms with Gasteiger partial charge in [-0.2, -0.15) is 0 Å². The molecule has 2 nitrogen and oxygen atoms in total. The smallest absolute Gasteiger partial charge is 0.0488 e. The van der Waals surface area contributed by atoms with Gasteiger partial charge in [0.1, 0.15) is 0 Å². The first-order chi connectivity index (χ1) is 24.3. The van der Waals surface area contributed by atoms with Crippen molar-refractivity contribution < 1.29 is 0 Å². The van der Waals surface area contributed by atoms with Crippen LogP contribution in [-0.4, -0.2) is 13.1 Å². The number of rotatable bonds is 12. The van der Waals surface area contributed by atoms with Gasteiger partial charge in [-0.3, -0.25) is 0 Å². The van der Waals surface area contributed by atoms with Gasteiger partial charge in [0.25, 0.3) is 0 Å². The summed E-state index contributed by atoms with van der Waals surface area (Å²) in [6, 6.07) is 53.5. The number of aryl methyl sites for hydroxylation is 2. The molecule has 2 N–H and O–H groups in total. The van der Waals surface area contributed by atoms with E-state index in [-0.39, 0.29) is 23.7 Å². The van der Waals surface area contributed by atoms with E-state index in [1.807, 2.05) is 0 Å². The van der Waals surface area contributed by atoms with Crippen LogP contribution in [0.1, 0.15) is 107 Å². The van der Waals surface area contributed by atoms with Crippen molar-refractivity contribution in [3.05, 3.63) is 201 Å². The predicted molar refractivity (Wildman–Crippen MR) is 214 cm³/mol. The molecule has 0 spiro atoms. The Morgan fingerprint density at radius 2 is 0.660 bits per heavy atom. The van der Waals surface area contributed by atoms with Gasteiger partial charge in [0.2, 0.25) is 0 Å². The number of nitrogens with zero attached hydrogens (tertiary/aromatic N) is 1. The highest BCUT2D eigenvalue weighted by Gasteiger charge is 2.30. The van der Waals surface area contributed by atoms with Gasteiger partial charge in [-0.1, -0.05) is 184 Å². The lowest BCUT2D eigenvalue weighted by molar-refractivity contribution is 0.816. The molecule has 50 heavy (non-hydrogen) atoms. The van der Waals surface area contributed by atoms with Crippen molar-refractivity contribution in [2.75, 3.05) is 18.0 Å². The standard InChI is InChI=1S/C48H52N2/c1-33-29-43(35(3)39-19-11-7-12-20-39)47(44(30-33)36(4)40-21-13-8-14-22-40)50(28-27-49)48-45(37(5)41-23-15-9-16-24-41)31-34(2)32-46(48)38(6)42-25-17-10-18-26-42/h7-26,29-32,35-38H,27-28,49H2,1-6H3/t35-,36-,37-,38-/m1/s1. The molecule has 0 bridgehead atoms. The second-order valence-corrected chi connectivity index (χ2v) is 14.1. The van der Waals surface area contributed by atoms with E-state index in [0.717, 1.165) is 0 Å². The fourth-order valence-corrected chi connectivity index (χ4v) is 7.76. The van der Waals surface area contributed by atoms with Crippen LogP contribution >= 0.6 is 0 Å². The molecular formula is C48H52N2. The summed E-state index contributed by atoms with van der Waals surface area (Å²) in [6.07, 6.45) is 0. The van der Waals surface area contributed by atoms with Crippen LogP contribution < -0.4 is 10.6 Å². The van der Waals surface area contributed by atoms with E-state index in [1.165, 1.54) is 67.0 Å². The fraction of sp³-hybridized carbons (Fsp3) is 0.250. The summed E-state index contributed by atoms with van der Waals surface area (Å²) in [4.78, 5) is 2.62. The Morgan fingerprint density at radius 3 is 0.880 bits per heavy atom. The quantitative estimate of drug-likeness (QED) is 0.142. The lowest BCUT2D eigenvalue weighted by Crippen LogP contribution is -2.30. The molecule has 6 aromatic rings. The van der Waals surface area contributed by atoms with Gasteiger partial charge < -0.3 is 10.6 Å². The molecule has 0 aromatic heterocycles. The molecule has 254 valence electrons. The highest BCUT2D eigenvalue weighted by atomic mass is 15.2. The van der Waals surface area contributed by atoms with E-state index in [2.05, 4.69) is 192 Å². The molecule has 6 rings (SSSR count). The summed E-state index contributed by atoms with van der Waals surface area (Å²) in [5.41, 5.74) is 22.4. The first-order valence-electron chi connectivity index (χ1n) is 18.2. The monoisotopic (exact) mass is 656 g/mol. The van der Waals surface area contributed by atoms with Crippen LogP contribution in [0.25, 0.3) is 0 Å². The molecule has 0 fully saturated rings. The van der Waals surface area contributed by atoms with Crippen LogP contribution in [0, 0.1) is 13.8 Å². The van der Waals surface area contributed by atoms with Crippen LogP contribution in [0.15, 0.2) is 146 Å². The number of nitrogens with two attached hydrogens (primary N) is 1. The molecule has 4 atom stereocenters. The number of hydrogen-bond acceptors (Lipinski definition) is 2. The van der Waals surface area contributed by atoms with Crippen molar-refractivity contribution in [2.45, 2.75) is 65.2 Å². The van der Waals surface area contributed by atoms with Gasteiger partial charge in [-0.25, -0.2) is 0 Å². The minimum atomic E-state index is 0.170. The molecule has 6 aromatic carbocycles. The summed E-state index contributed by atoms with van der Waals surface area (Å²) in [7, 11) is 0. The van der Waals surface area contributed by atoms with Gasteiger partial charge in [0.05, 0.1) is 0 Å². The zero-order chi connectivity index (χ0) is 35.2. The first kappa shape index (κ1) is 34.9. The molecule has 0 saturated carbocycles. The maximum atomic E-state index is 6.67. The van der Waals surface area contributed by atoms with E-state index in [0.29, 0.717) is 13.1 Å². The molecule has 2 heteroatoms. The Hall–Kier alpha value is -4.92. The Balaban J connectivity index is 1.70. The molecule has 0 radical (unpaired) electrons. The van der Waals surface area contributed by atoms with Gasteiger partial charge >= 0.3 is 0 Å². The second kappa shape index (κ2) is 15.7. The zero-order valence-corrected chi connectivity index (χ0v) is 30.6. The van der Waals surface area contributed by atoms with Crippen LogP contribution in [0.2, 0.25) is 0 Å². The number of hydrogen-bond donors (Lipinski definition) is 1. The summed E-state index contributed by atoms with van der Waals surface area (Å²) >= 11 is 0. The Kier molecular flexibility index (Phi) is 11.0. The van der Waals surface area contributed by atoms with E-state index in [4.69, 9.17) is 5.73 Å². The third-order valence-corrected chi connectivity index (χ3v) is 10.6. The second-order valence-electron chi connectivity index (χ2n) is 14.1. The highest BCUT2D eigenvalue weighted by molar-refractivity contribution is 5.79. The topological polar surface area (TPSA) is 29.3 Å². The lowest BCUT2D eigenvalue weighted by atomic mass is 9.81. The molecule has 0 heterocycles. The SMILES string of the molecule is Cc1cc([C@H](C)c2ccccc2)c(N(CCN)c2c([C@H](C)c3ccccc3)cc(C)cc2[C@H](C)c2ccccc2)c([C@H](C)c2ccccc2)c1. The molecule has 0 aliphatic carbocycles. The largest absolute Gasteiger partial charge is 0.339 e. The summed E-state index contributed by atoms with van der Waals surface area (Å²) in [5.74, 6) is 0.680. The Morgan fingerprint density at radius 1 is 0.420 bits per heavy atom. The predicted octanol–water partition coefficient (Wildman–Crippen LogP) is 12.0. The average Bonchev–Trinajstić information content (AvgIpc) is 3.16.